The van der Waals surface area contributed by atoms with Crippen LogP contribution in [-0.2, 0) is 8.85 Å². The summed E-state index contributed by atoms with van der Waals surface area (Å²) >= 11 is 0. The van der Waals surface area contributed by atoms with Crippen molar-refractivity contribution in [2.75, 3.05) is 19.7 Å². The molecule has 0 aromatic rings. The van der Waals surface area contributed by atoms with E-state index in [9.17, 15) is 0 Å². The van der Waals surface area contributed by atoms with E-state index in [0.717, 1.165) is 26.1 Å². The van der Waals surface area contributed by atoms with Crippen LogP contribution in [0.5, 0.6) is 0 Å². The summed E-state index contributed by atoms with van der Waals surface area (Å²) in [4.78, 5) is 6.74. The first-order valence-corrected chi connectivity index (χ1v) is 8.05. The molecule has 0 fully saturated rings. The minimum Gasteiger partial charge on any atom is -0.371 e. The molecule has 0 amide bonds. The second-order valence-electron chi connectivity index (χ2n) is 4.74. The van der Waals surface area contributed by atoms with E-state index in [0.29, 0.717) is 0 Å². The van der Waals surface area contributed by atoms with Crippen molar-refractivity contribution in [2.45, 2.75) is 53.6 Å². The average Bonchev–Trinajstić information content (AvgIpc) is 2.13. The molecule has 0 aliphatic carbocycles. The lowest BCUT2D eigenvalue weighted by molar-refractivity contribution is 0.0487. The molecule has 0 spiro atoms. The lowest BCUT2D eigenvalue weighted by Crippen LogP contribution is -2.69. The SMILES string of the molecule is CCCO[Si](NCC)(NCC)OC(C)(C)C. The van der Waals surface area contributed by atoms with Gasteiger partial charge < -0.3 is 8.85 Å². The summed E-state index contributed by atoms with van der Waals surface area (Å²) in [5.41, 5.74) is -0.204. The molecular weight excluding hydrogens is 220 g/mol. The van der Waals surface area contributed by atoms with E-state index in [1.165, 1.54) is 0 Å². The van der Waals surface area contributed by atoms with Gasteiger partial charge in [-0.05, 0) is 40.3 Å². The molecule has 0 aliphatic heterocycles. The molecule has 0 aromatic carbocycles. The summed E-state index contributed by atoms with van der Waals surface area (Å²) in [7, 11) is -2.45. The lowest BCUT2D eigenvalue weighted by Gasteiger charge is -2.36. The van der Waals surface area contributed by atoms with Gasteiger partial charge in [0.1, 0.15) is 0 Å². The zero-order chi connectivity index (χ0) is 12.7. The van der Waals surface area contributed by atoms with Gasteiger partial charge in [-0.3, -0.25) is 9.96 Å². The molecule has 5 heteroatoms. The predicted octanol–water partition coefficient (Wildman–Crippen LogP) is 1.88. The smallest absolute Gasteiger partial charge is 0.371 e. The van der Waals surface area contributed by atoms with E-state index < -0.39 is 8.88 Å². The normalized spacial score (nSPS) is 13.1. The van der Waals surface area contributed by atoms with Crippen LogP contribution in [0.4, 0.5) is 0 Å². The molecule has 0 saturated carbocycles. The summed E-state index contributed by atoms with van der Waals surface area (Å²) in [6.45, 7) is 14.8. The Kier molecular flexibility index (Phi) is 7.42. The van der Waals surface area contributed by atoms with Crippen molar-refractivity contribution >= 4 is 8.88 Å². The molecule has 0 atom stereocenters. The Morgan fingerprint density at radius 1 is 1.00 bits per heavy atom. The number of nitrogens with one attached hydrogen (secondary N) is 2. The molecule has 0 saturated heterocycles. The average molecular weight is 248 g/mol. The van der Waals surface area contributed by atoms with Gasteiger partial charge in [-0.1, -0.05) is 20.8 Å². The van der Waals surface area contributed by atoms with Crippen LogP contribution in [0, 0.1) is 0 Å². The van der Waals surface area contributed by atoms with E-state index in [2.05, 4.69) is 51.5 Å². The molecule has 2 N–H and O–H groups in total. The van der Waals surface area contributed by atoms with Gasteiger partial charge in [0, 0.05) is 6.61 Å². The van der Waals surface area contributed by atoms with Crippen LogP contribution in [-0.4, -0.2) is 34.2 Å². The van der Waals surface area contributed by atoms with E-state index in [-0.39, 0.29) is 5.60 Å². The molecule has 16 heavy (non-hydrogen) atoms. The molecule has 0 heterocycles. The molecule has 0 aromatic heterocycles. The fourth-order valence-electron chi connectivity index (χ4n) is 1.41. The Balaban J connectivity index is 4.62. The van der Waals surface area contributed by atoms with Gasteiger partial charge in [0.25, 0.3) is 0 Å². The topological polar surface area (TPSA) is 42.5 Å². The van der Waals surface area contributed by atoms with E-state index in [1.54, 1.807) is 0 Å². The Labute approximate surface area is 102 Å². The zero-order valence-electron chi connectivity index (χ0n) is 11.6. The van der Waals surface area contributed by atoms with Crippen molar-refractivity contribution in [1.29, 1.82) is 0 Å². The van der Waals surface area contributed by atoms with E-state index >= 15 is 0 Å². The summed E-state index contributed by atoms with van der Waals surface area (Å²) in [5.74, 6) is 0. The third kappa shape index (κ3) is 6.60. The summed E-state index contributed by atoms with van der Waals surface area (Å²) in [5, 5.41) is 0. The first kappa shape index (κ1) is 16.1. The highest BCUT2D eigenvalue weighted by atomic mass is 28.4. The summed E-state index contributed by atoms with van der Waals surface area (Å²) < 4.78 is 12.0. The number of rotatable bonds is 8. The number of hydrogen-bond donors (Lipinski definition) is 2. The highest BCUT2D eigenvalue weighted by molar-refractivity contribution is 6.62. The third-order valence-corrected chi connectivity index (χ3v) is 4.93. The Morgan fingerprint density at radius 3 is 1.81 bits per heavy atom. The molecule has 0 aliphatic rings. The molecule has 98 valence electrons. The van der Waals surface area contributed by atoms with Crippen LogP contribution in [0.25, 0.3) is 0 Å². The van der Waals surface area contributed by atoms with E-state index in [1.807, 2.05) is 0 Å². The van der Waals surface area contributed by atoms with Crippen LogP contribution in [0.15, 0.2) is 0 Å². The van der Waals surface area contributed by atoms with Crippen molar-refractivity contribution in [3.63, 3.8) is 0 Å². The number of hydrogen-bond acceptors (Lipinski definition) is 4. The van der Waals surface area contributed by atoms with Crippen molar-refractivity contribution in [3.8, 4) is 0 Å². The second kappa shape index (κ2) is 7.40. The minimum absolute atomic E-state index is 0.204. The lowest BCUT2D eigenvalue weighted by atomic mass is 10.2. The molecule has 0 radical (unpaired) electrons. The first-order valence-electron chi connectivity index (χ1n) is 6.23. The Hall–Kier alpha value is 0.0569. The van der Waals surface area contributed by atoms with Crippen LogP contribution in [0.2, 0.25) is 0 Å². The van der Waals surface area contributed by atoms with Gasteiger partial charge in [0.15, 0.2) is 0 Å². The molecule has 4 nitrogen and oxygen atoms in total. The molecule has 0 unspecified atom stereocenters. The third-order valence-electron chi connectivity index (χ3n) is 1.78. The van der Waals surface area contributed by atoms with Gasteiger partial charge in [0.05, 0.1) is 5.60 Å². The largest absolute Gasteiger partial charge is 0.517 e. The van der Waals surface area contributed by atoms with Crippen LogP contribution in [0.1, 0.15) is 48.0 Å². The van der Waals surface area contributed by atoms with Crippen molar-refractivity contribution in [1.82, 2.24) is 9.96 Å². The maximum absolute atomic E-state index is 6.10. The van der Waals surface area contributed by atoms with Gasteiger partial charge in [-0.25, -0.2) is 0 Å². The highest BCUT2D eigenvalue weighted by Crippen LogP contribution is 2.14. The molecular formula is C11H28N2O2Si. The van der Waals surface area contributed by atoms with E-state index in [4.69, 9.17) is 8.85 Å². The first-order chi connectivity index (χ1) is 7.39. The maximum Gasteiger partial charge on any atom is 0.517 e. The molecule has 0 rings (SSSR count). The fraction of sp³-hybridized carbons (Fsp3) is 1.00. The van der Waals surface area contributed by atoms with Gasteiger partial charge in [-0.2, -0.15) is 0 Å². The maximum atomic E-state index is 6.10. The second-order valence-corrected chi connectivity index (χ2v) is 7.17. The Bertz CT molecular complexity index is 177. The van der Waals surface area contributed by atoms with Crippen molar-refractivity contribution < 1.29 is 8.85 Å². The van der Waals surface area contributed by atoms with Crippen LogP contribution < -0.4 is 9.96 Å². The highest BCUT2D eigenvalue weighted by Gasteiger charge is 2.41. The van der Waals surface area contributed by atoms with Crippen molar-refractivity contribution in [3.05, 3.63) is 0 Å². The quantitative estimate of drug-likeness (QED) is 0.644. The van der Waals surface area contributed by atoms with Gasteiger partial charge in [-0.15, -0.1) is 0 Å². The minimum atomic E-state index is -2.45. The Morgan fingerprint density at radius 2 is 1.50 bits per heavy atom. The zero-order valence-corrected chi connectivity index (χ0v) is 12.6. The van der Waals surface area contributed by atoms with Crippen molar-refractivity contribution in [2.24, 2.45) is 0 Å². The monoisotopic (exact) mass is 248 g/mol. The summed E-state index contributed by atoms with van der Waals surface area (Å²) in [6, 6.07) is 0. The van der Waals surface area contributed by atoms with Crippen LogP contribution >= 0.6 is 0 Å². The predicted molar refractivity (Wildman–Crippen MR) is 70.2 cm³/mol. The standard InChI is InChI=1S/C11H28N2O2Si/c1-7-10-14-16(12-8-2,13-9-3)15-11(4,5)6/h12-13H,7-10H2,1-6H3. The fourth-order valence-corrected chi connectivity index (χ4v) is 4.23. The van der Waals surface area contributed by atoms with Crippen LogP contribution in [0.3, 0.4) is 0 Å². The molecule has 0 bridgehead atoms. The van der Waals surface area contributed by atoms with Gasteiger partial charge >= 0.3 is 8.88 Å². The van der Waals surface area contributed by atoms with Gasteiger partial charge in [0.2, 0.25) is 0 Å². The summed E-state index contributed by atoms with van der Waals surface area (Å²) in [6.07, 6.45) is 0.999.